The van der Waals surface area contributed by atoms with E-state index in [9.17, 15) is 14.7 Å². The van der Waals surface area contributed by atoms with E-state index in [1.165, 1.54) is 19.1 Å². The quantitative estimate of drug-likeness (QED) is 0.664. The summed E-state index contributed by atoms with van der Waals surface area (Å²) in [6.07, 6.45) is 1.54. The number of rotatable bonds is 4. The average Bonchev–Trinajstić information content (AvgIpc) is 2.46. The highest BCUT2D eigenvalue weighted by Crippen LogP contribution is 2.28. The zero-order valence-electron chi connectivity index (χ0n) is 13.4. The average molecular weight is 309 g/mol. The van der Waals surface area contributed by atoms with E-state index < -0.39 is 0 Å². The molecule has 0 aliphatic rings. The van der Waals surface area contributed by atoms with Gasteiger partial charge in [-0.3, -0.25) is 9.59 Å². The number of carbonyl (C=O) groups is 2. The third-order valence-corrected chi connectivity index (χ3v) is 3.50. The summed E-state index contributed by atoms with van der Waals surface area (Å²) in [6.45, 7) is 5.08. The molecule has 4 heteroatoms. The Labute approximate surface area is 135 Å². The monoisotopic (exact) mass is 309 g/mol. The molecular formula is C19H19NO3. The highest BCUT2D eigenvalue weighted by atomic mass is 16.3. The van der Waals surface area contributed by atoms with Crippen molar-refractivity contribution in [3.05, 3.63) is 65.2 Å². The number of ketones is 1. The Morgan fingerprint density at radius 3 is 2.39 bits per heavy atom. The Hall–Kier alpha value is -2.88. The van der Waals surface area contributed by atoms with E-state index >= 15 is 0 Å². The van der Waals surface area contributed by atoms with Crippen LogP contribution in [0.25, 0.3) is 5.57 Å². The van der Waals surface area contributed by atoms with Gasteiger partial charge in [-0.25, -0.2) is 0 Å². The molecule has 1 amide bonds. The Balaban J connectivity index is 2.40. The predicted octanol–water partition coefficient (Wildman–Crippen LogP) is 3.95. The number of anilines is 1. The van der Waals surface area contributed by atoms with Crippen LogP contribution in [-0.4, -0.2) is 16.8 Å². The van der Waals surface area contributed by atoms with Crippen LogP contribution in [0, 0.1) is 6.92 Å². The van der Waals surface area contributed by atoms with E-state index in [0.29, 0.717) is 22.4 Å². The number of carbonyl (C=O) groups excluding carboxylic acids is 2. The molecule has 2 aromatic rings. The van der Waals surface area contributed by atoms with Gasteiger partial charge in [0.25, 0.3) is 0 Å². The molecule has 2 aromatic carbocycles. The van der Waals surface area contributed by atoms with Crippen LogP contribution in [0.3, 0.4) is 0 Å². The van der Waals surface area contributed by atoms with E-state index in [2.05, 4.69) is 5.32 Å². The summed E-state index contributed by atoms with van der Waals surface area (Å²) in [6, 6.07) is 12.1. The van der Waals surface area contributed by atoms with E-state index in [1.54, 1.807) is 25.1 Å². The first-order valence-electron chi connectivity index (χ1n) is 7.27. The number of benzene rings is 2. The molecule has 0 unspecified atom stereocenters. The van der Waals surface area contributed by atoms with Gasteiger partial charge in [0.05, 0.1) is 5.69 Å². The summed E-state index contributed by atoms with van der Waals surface area (Å²) in [5, 5.41) is 12.3. The highest BCUT2D eigenvalue weighted by molar-refractivity contribution is 6.10. The molecule has 0 radical (unpaired) electrons. The van der Waals surface area contributed by atoms with Gasteiger partial charge in [-0.1, -0.05) is 24.3 Å². The molecule has 2 N–H and O–H groups in total. The van der Waals surface area contributed by atoms with Gasteiger partial charge in [0, 0.05) is 24.1 Å². The molecule has 4 nitrogen and oxygen atoms in total. The van der Waals surface area contributed by atoms with Crippen LogP contribution in [0.1, 0.15) is 35.3 Å². The largest absolute Gasteiger partial charge is 0.508 e. The number of aryl methyl sites for hydroxylation is 1. The van der Waals surface area contributed by atoms with Crippen molar-refractivity contribution in [1.82, 2.24) is 0 Å². The molecule has 2 rings (SSSR count). The summed E-state index contributed by atoms with van der Waals surface area (Å²) < 4.78 is 0. The Kier molecular flexibility index (Phi) is 4.96. The number of amides is 1. The highest BCUT2D eigenvalue weighted by Gasteiger charge is 2.11. The fraction of sp³-hybridized carbons (Fsp3) is 0.158. The number of aromatic hydroxyl groups is 1. The zero-order valence-corrected chi connectivity index (χ0v) is 13.4. The van der Waals surface area contributed by atoms with Crippen molar-refractivity contribution in [2.24, 2.45) is 0 Å². The predicted molar refractivity (Wildman–Crippen MR) is 91.6 cm³/mol. The molecule has 0 saturated carbocycles. The molecule has 0 atom stereocenters. The van der Waals surface area contributed by atoms with E-state index in [-0.39, 0.29) is 17.4 Å². The molecule has 23 heavy (non-hydrogen) atoms. The second-order valence-electron chi connectivity index (χ2n) is 5.42. The van der Waals surface area contributed by atoms with Gasteiger partial charge >= 0.3 is 0 Å². The first kappa shape index (κ1) is 16.5. The fourth-order valence-electron chi connectivity index (χ4n) is 2.37. The normalized spacial score (nSPS) is 11.2. The maximum Gasteiger partial charge on any atom is 0.221 e. The van der Waals surface area contributed by atoms with Crippen molar-refractivity contribution in [2.75, 3.05) is 5.32 Å². The molecule has 118 valence electrons. The zero-order chi connectivity index (χ0) is 17.0. The molecule has 0 saturated heterocycles. The third-order valence-electron chi connectivity index (χ3n) is 3.50. The first-order valence-corrected chi connectivity index (χ1v) is 7.27. The molecule has 0 fully saturated rings. The standard InChI is InChI=1S/C19H19NO3/c1-12-6-4-5-7-17(12)19(23)10-13(2)16-9-8-15(22)11-18(16)20-14(3)21/h4-11,22H,1-3H3,(H,20,21)/b13-10+. The van der Waals surface area contributed by atoms with E-state index in [4.69, 9.17) is 0 Å². The van der Waals surface area contributed by atoms with Gasteiger partial charge in [0.2, 0.25) is 5.91 Å². The van der Waals surface area contributed by atoms with Crippen molar-refractivity contribution in [1.29, 1.82) is 0 Å². The molecule has 0 aromatic heterocycles. The van der Waals surface area contributed by atoms with Gasteiger partial charge in [-0.05, 0) is 43.2 Å². The van der Waals surface area contributed by atoms with Crippen molar-refractivity contribution in [2.45, 2.75) is 20.8 Å². The summed E-state index contributed by atoms with van der Waals surface area (Å²) in [7, 11) is 0. The van der Waals surface area contributed by atoms with Gasteiger partial charge in [-0.2, -0.15) is 0 Å². The fourth-order valence-corrected chi connectivity index (χ4v) is 2.37. The molecule has 0 heterocycles. The van der Waals surface area contributed by atoms with Crippen LogP contribution in [0.4, 0.5) is 5.69 Å². The Bertz CT molecular complexity index is 791. The van der Waals surface area contributed by atoms with Crippen molar-refractivity contribution >= 4 is 23.0 Å². The molecule has 0 aliphatic carbocycles. The molecule has 0 bridgehead atoms. The van der Waals surface area contributed by atoms with Crippen LogP contribution in [-0.2, 0) is 4.79 Å². The number of phenolic OH excluding ortho intramolecular Hbond substituents is 1. The maximum atomic E-state index is 12.4. The molecule has 0 aliphatic heterocycles. The summed E-state index contributed by atoms with van der Waals surface area (Å²) >= 11 is 0. The minimum absolute atomic E-state index is 0.0514. The van der Waals surface area contributed by atoms with Crippen molar-refractivity contribution in [3.63, 3.8) is 0 Å². The number of hydrogen-bond donors (Lipinski definition) is 2. The topological polar surface area (TPSA) is 66.4 Å². The van der Waals surface area contributed by atoms with Gasteiger partial charge in [0.15, 0.2) is 5.78 Å². The third kappa shape index (κ3) is 4.07. The summed E-state index contributed by atoms with van der Waals surface area (Å²) in [5.74, 6) is -0.284. The minimum atomic E-state index is -0.241. The van der Waals surface area contributed by atoms with Crippen LogP contribution in [0.15, 0.2) is 48.5 Å². The number of hydrogen-bond acceptors (Lipinski definition) is 3. The van der Waals surface area contributed by atoms with Crippen LogP contribution in [0.5, 0.6) is 5.75 Å². The van der Waals surface area contributed by atoms with Crippen molar-refractivity contribution < 1.29 is 14.7 Å². The number of nitrogens with one attached hydrogen (secondary N) is 1. The lowest BCUT2D eigenvalue weighted by Crippen LogP contribution is -2.08. The van der Waals surface area contributed by atoms with E-state index in [1.807, 2.05) is 25.1 Å². The number of phenols is 1. The lowest BCUT2D eigenvalue weighted by Gasteiger charge is -2.11. The molecule has 0 spiro atoms. The van der Waals surface area contributed by atoms with Crippen LogP contribution >= 0.6 is 0 Å². The smallest absolute Gasteiger partial charge is 0.221 e. The van der Waals surface area contributed by atoms with Crippen LogP contribution in [0.2, 0.25) is 0 Å². The van der Waals surface area contributed by atoms with Gasteiger partial charge in [-0.15, -0.1) is 0 Å². The van der Waals surface area contributed by atoms with Crippen molar-refractivity contribution in [3.8, 4) is 5.75 Å². The summed E-state index contributed by atoms with van der Waals surface area (Å²) in [4.78, 5) is 23.7. The minimum Gasteiger partial charge on any atom is -0.508 e. The second-order valence-corrected chi connectivity index (χ2v) is 5.42. The lowest BCUT2D eigenvalue weighted by molar-refractivity contribution is -0.114. The maximum absolute atomic E-state index is 12.4. The lowest BCUT2D eigenvalue weighted by atomic mass is 9.99. The van der Waals surface area contributed by atoms with Gasteiger partial charge in [0.1, 0.15) is 5.75 Å². The molecular weight excluding hydrogens is 290 g/mol. The SMILES string of the molecule is CC(=O)Nc1cc(O)ccc1/C(C)=C/C(=O)c1ccccc1C. The summed E-state index contributed by atoms with van der Waals surface area (Å²) in [5.41, 5.74) is 3.44. The van der Waals surface area contributed by atoms with E-state index in [0.717, 1.165) is 5.56 Å². The number of allylic oxidation sites excluding steroid dienone is 2. The Morgan fingerprint density at radius 1 is 1.04 bits per heavy atom. The van der Waals surface area contributed by atoms with Crippen LogP contribution < -0.4 is 5.32 Å². The second kappa shape index (κ2) is 6.92. The van der Waals surface area contributed by atoms with Gasteiger partial charge < -0.3 is 10.4 Å². The Morgan fingerprint density at radius 2 is 1.74 bits per heavy atom. The first-order chi connectivity index (χ1) is 10.9.